The Kier molecular flexibility index (Phi) is 4.73. The first-order valence-electron chi connectivity index (χ1n) is 5.71. The zero-order chi connectivity index (χ0) is 12.1. The molecule has 92 valence electrons. The van der Waals surface area contributed by atoms with Gasteiger partial charge in [0.1, 0.15) is 12.1 Å². The number of carbonyl (C=O) groups is 2. The van der Waals surface area contributed by atoms with Crippen LogP contribution in [0.25, 0.3) is 0 Å². The average Bonchev–Trinajstić information content (AvgIpc) is 2.25. The molecule has 0 aliphatic carbocycles. The fourth-order valence-electron chi connectivity index (χ4n) is 1.97. The molecule has 1 rings (SSSR count). The Morgan fingerprint density at radius 3 is 2.69 bits per heavy atom. The van der Waals surface area contributed by atoms with Gasteiger partial charge in [-0.1, -0.05) is 6.92 Å². The van der Waals surface area contributed by atoms with Crippen molar-refractivity contribution in [3.8, 4) is 0 Å². The van der Waals surface area contributed by atoms with Crippen LogP contribution in [0.4, 0.5) is 0 Å². The van der Waals surface area contributed by atoms with E-state index < -0.39 is 6.04 Å². The Bertz CT molecular complexity index is 268. The van der Waals surface area contributed by atoms with Crippen LogP contribution in [0.3, 0.4) is 0 Å². The first kappa shape index (κ1) is 13.0. The predicted octanol–water partition coefficient (Wildman–Crippen LogP) is 0.148. The van der Waals surface area contributed by atoms with E-state index in [0.717, 1.165) is 6.42 Å². The Balaban J connectivity index is 2.65. The monoisotopic (exact) mass is 228 g/mol. The number of nitrogens with one attached hydrogen (secondary N) is 1. The van der Waals surface area contributed by atoms with Gasteiger partial charge in [-0.2, -0.15) is 0 Å². The molecule has 2 unspecified atom stereocenters. The Hall–Kier alpha value is -1.10. The molecule has 16 heavy (non-hydrogen) atoms. The zero-order valence-electron chi connectivity index (χ0n) is 10.2. The van der Waals surface area contributed by atoms with E-state index in [1.54, 1.807) is 18.9 Å². The summed E-state index contributed by atoms with van der Waals surface area (Å²) < 4.78 is 4.95. The third-order valence-electron chi connectivity index (χ3n) is 2.83. The van der Waals surface area contributed by atoms with Crippen molar-refractivity contribution in [2.24, 2.45) is 0 Å². The highest BCUT2D eigenvalue weighted by atomic mass is 16.5. The fraction of sp³-hybridized carbons (Fsp3) is 0.818. The topological polar surface area (TPSA) is 58.6 Å². The molecule has 2 amide bonds. The third-order valence-corrected chi connectivity index (χ3v) is 2.83. The van der Waals surface area contributed by atoms with Crippen molar-refractivity contribution in [1.82, 2.24) is 10.2 Å². The summed E-state index contributed by atoms with van der Waals surface area (Å²) in [6.45, 7) is 4.82. The molecule has 1 saturated heterocycles. The molecule has 0 aromatic carbocycles. The minimum Gasteiger partial charge on any atom is -0.385 e. The number of amides is 2. The summed E-state index contributed by atoms with van der Waals surface area (Å²) in [5.41, 5.74) is 0. The highest BCUT2D eigenvalue weighted by Crippen LogP contribution is 2.13. The molecule has 1 aliphatic rings. The molecule has 0 spiro atoms. The van der Waals surface area contributed by atoms with E-state index in [4.69, 9.17) is 4.74 Å². The largest absolute Gasteiger partial charge is 0.385 e. The highest BCUT2D eigenvalue weighted by molar-refractivity contribution is 5.96. The lowest BCUT2D eigenvalue weighted by atomic mass is 10.1. The molecule has 0 saturated carbocycles. The van der Waals surface area contributed by atoms with Crippen molar-refractivity contribution in [3.05, 3.63) is 0 Å². The number of rotatable bonds is 5. The van der Waals surface area contributed by atoms with E-state index in [1.807, 2.05) is 6.92 Å². The maximum absolute atomic E-state index is 11.9. The number of nitrogens with zero attached hydrogens (tertiary/aromatic N) is 1. The molecule has 1 aliphatic heterocycles. The number of ether oxygens (including phenoxy) is 1. The van der Waals surface area contributed by atoms with Gasteiger partial charge >= 0.3 is 0 Å². The third kappa shape index (κ3) is 2.72. The second kappa shape index (κ2) is 5.84. The van der Waals surface area contributed by atoms with Crippen LogP contribution in [0.15, 0.2) is 0 Å². The Morgan fingerprint density at radius 2 is 2.12 bits per heavy atom. The lowest BCUT2D eigenvalue weighted by Crippen LogP contribution is -2.62. The van der Waals surface area contributed by atoms with Gasteiger partial charge in [0.15, 0.2) is 0 Å². The van der Waals surface area contributed by atoms with Crippen molar-refractivity contribution >= 4 is 11.8 Å². The predicted molar refractivity (Wildman–Crippen MR) is 59.9 cm³/mol. The standard InChI is InChI=1S/C11H20N2O3/c1-4-9-10(14)12-8(2)11(15)13(9)6-5-7-16-3/h8-9H,4-7H2,1-3H3,(H,12,14). The minimum absolute atomic E-state index is 0.00236. The second-order valence-corrected chi connectivity index (χ2v) is 4.03. The van der Waals surface area contributed by atoms with Crippen molar-refractivity contribution in [1.29, 1.82) is 0 Å². The minimum atomic E-state index is -0.405. The summed E-state index contributed by atoms with van der Waals surface area (Å²) in [6, 6.07) is -0.724. The SMILES string of the molecule is CCC1C(=O)NC(C)C(=O)N1CCCOC. The molecule has 0 aromatic heterocycles. The van der Waals surface area contributed by atoms with Crippen LogP contribution in [0, 0.1) is 0 Å². The Morgan fingerprint density at radius 1 is 1.44 bits per heavy atom. The van der Waals surface area contributed by atoms with E-state index in [-0.39, 0.29) is 17.9 Å². The molecule has 1 fully saturated rings. The maximum Gasteiger partial charge on any atom is 0.245 e. The number of hydrogen-bond donors (Lipinski definition) is 1. The summed E-state index contributed by atoms with van der Waals surface area (Å²) in [5, 5.41) is 2.69. The summed E-state index contributed by atoms with van der Waals surface area (Å²) in [5.74, 6) is -0.0467. The van der Waals surface area contributed by atoms with Crippen molar-refractivity contribution < 1.29 is 14.3 Å². The number of piperazine rings is 1. The number of methoxy groups -OCH3 is 1. The van der Waals surface area contributed by atoms with Gasteiger partial charge in [0.2, 0.25) is 11.8 Å². The highest BCUT2D eigenvalue weighted by Gasteiger charge is 2.36. The maximum atomic E-state index is 11.9. The lowest BCUT2D eigenvalue weighted by Gasteiger charge is -2.37. The fourth-order valence-corrected chi connectivity index (χ4v) is 1.97. The van der Waals surface area contributed by atoms with E-state index in [1.165, 1.54) is 0 Å². The van der Waals surface area contributed by atoms with E-state index >= 15 is 0 Å². The molecular formula is C11H20N2O3. The molecule has 2 atom stereocenters. The van der Waals surface area contributed by atoms with Crippen LogP contribution in [0.5, 0.6) is 0 Å². The van der Waals surface area contributed by atoms with Crippen LogP contribution in [-0.4, -0.2) is 49.1 Å². The molecule has 1 heterocycles. The first-order chi connectivity index (χ1) is 7.61. The summed E-state index contributed by atoms with van der Waals surface area (Å²) >= 11 is 0. The van der Waals surface area contributed by atoms with E-state index in [2.05, 4.69) is 5.32 Å². The lowest BCUT2D eigenvalue weighted by molar-refractivity contribution is -0.149. The molecule has 0 aromatic rings. The van der Waals surface area contributed by atoms with Crippen LogP contribution in [0.1, 0.15) is 26.7 Å². The number of carbonyl (C=O) groups excluding carboxylic acids is 2. The molecular weight excluding hydrogens is 208 g/mol. The van der Waals surface area contributed by atoms with Gasteiger partial charge in [0.25, 0.3) is 0 Å². The van der Waals surface area contributed by atoms with Crippen LogP contribution < -0.4 is 5.32 Å². The van der Waals surface area contributed by atoms with Gasteiger partial charge in [0.05, 0.1) is 0 Å². The van der Waals surface area contributed by atoms with Crippen LogP contribution >= 0.6 is 0 Å². The van der Waals surface area contributed by atoms with Crippen LogP contribution in [0.2, 0.25) is 0 Å². The zero-order valence-corrected chi connectivity index (χ0v) is 10.2. The summed E-state index contributed by atoms with van der Waals surface area (Å²) in [6.07, 6.45) is 1.41. The van der Waals surface area contributed by atoms with Gasteiger partial charge in [-0.25, -0.2) is 0 Å². The van der Waals surface area contributed by atoms with Gasteiger partial charge < -0.3 is 15.0 Å². The molecule has 1 N–H and O–H groups in total. The van der Waals surface area contributed by atoms with Gasteiger partial charge in [0, 0.05) is 20.3 Å². The smallest absolute Gasteiger partial charge is 0.245 e. The Labute approximate surface area is 96.1 Å². The second-order valence-electron chi connectivity index (χ2n) is 4.03. The summed E-state index contributed by atoms with van der Waals surface area (Å²) in [4.78, 5) is 25.3. The van der Waals surface area contributed by atoms with Gasteiger partial charge in [-0.15, -0.1) is 0 Å². The molecule has 0 radical (unpaired) electrons. The average molecular weight is 228 g/mol. The van der Waals surface area contributed by atoms with Crippen LogP contribution in [-0.2, 0) is 14.3 Å². The normalized spacial score (nSPS) is 25.8. The number of hydrogen-bond acceptors (Lipinski definition) is 3. The van der Waals surface area contributed by atoms with Crippen molar-refractivity contribution in [3.63, 3.8) is 0 Å². The molecule has 0 bridgehead atoms. The molecule has 5 nitrogen and oxygen atoms in total. The van der Waals surface area contributed by atoms with E-state index in [0.29, 0.717) is 19.6 Å². The van der Waals surface area contributed by atoms with Gasteiger partial charge in [-0.05, 0) is 19.8 Å². The van der Waals surface area contributed by atoms with Crippen molar-refractivity contribution in [2.45, 2.75) is 38.8 Å². The molecule has 5 heteroatoms. The van der Waals surface area contributed by atoms with E-state index in [9.17, 15) is 9.59 Å². The van der Waals surface area contributed by atoms with Gasteiger partial charge in [-0.3, -0.25) is 9.59 Å². The quantitative estimate of drug-likeness (QED) is 0.681. The summed E-state index contributed by atoms with van der Waals surface area (Å²) in [7, 11) is 1.63. The van der Waals surface area contributed by atoms with Crippen molar-refractivity contribution in [2.75, 3.05) is 20.3 Å². The first-order valence-corrected chi connectivity index (χ1v) is 5.71.